The lowest BCUT2D eigenvalue weighted by atomic mass is 9.95. The zero-order valence-electron chi connectivity index (χ0n) is 15.0. The maximum absolute atomic E-state index is 12.8. The van der Waals surface area contributed by atoms with Gasteiger partial charge in [-0.1, -0.05) is 17.2 Å². The number of carbonyl (C=O) groups is 1. The molecule has 3 heterocycles. The highest BCUT2D eigenvalue weighted by molar-refractivity contribution is 5.94. The van der Waals surface area contributed by atoms with E-state index >= 15 is 0 Å². The van der Waals surface area contributed by atoms with Crippen LogP contribution < -0.4 is 5.32 Å². The van der Waals surface area contributed by atoms with Crippen molar-refractivity contribution in [2.75, 3.05) is 19.6 Å². The second kappa shape index (κ2) is 6.59. The van der Waals surface area contributed by atoms with Crippen molar-refractivity contribution in [3.63, 3.8) is 0 Å². The first-order chi connectivity index (χ1) is 12.1. The summed E-state index contributed by atoms with van der Waals surface area (Å²) in [4.78, 5) is 14.8. The number of aryl methyl sites for hydroxylation is 2. The van der Waals surface area contributed by atoms with Crippen molar-refractivity contribution in [3.8, 4) is 0 Å². The molecule has 0 radical (unpaired) electrons. The maximum atomic E-state index is 12.8. The van der Waals surface area contributed by atoms with Gasteiger partial charge in [0, 0.05) is 37.7 Å². The number of likely N-dealkylation sites (tertiary alicyclic amines) is 1. The number of nitrogens with zero attached hydrogens (tertiary/aromatic N) is 4. The molecular weight excluding hydrogens is 314 g/mol. The van der Waals surface area contributed by atoms with Crippen molar-refractivity contribution in [2.45, 2.75) is 45.7 Å². The highest BCUT2D eigenvalue weighted by Gasteiger charge is 2.29. The van der Waals surface area contributed by atoms with Gasteiger partial charge in [0.15, 0.2) is 0 Å². The summed E-state index contributed by atoms with van der Waals surface area (Å²) in [6.07, 6.45) is 1.92. The molecule has 2 aromatic rings. The molecule has 2 aliphatic heterocycles. The average Bonchev–Trinajstić information content (AvgIpc) is 3.04. The Morgan fingerprint density at radius 2 is 1.80 bits per heavy atom. The van der Waals surface area contributed by atoms with Gasteiger partial charge in [0.25, 0.3) is 5.91 Å². The lowest BCUT2D eigenvalue weighted by molar-refractivity contribution is 0.0710. The minimum atomic E-state index is 0.151. The Morgan fingerprint density at radius 1 is 1.08 bits per heavy atom. The van der Waals surface area contributed by atoms with Crippen molar-refractivity contribution in [1.29, 1.82) is 0 Å². The number of aromatic nitrogens is 3. The molecule has 0 spiro atoms. The van der Waals surface area contributed by atoms with Gasteiger partial charge in [0.05, 0.1) is 6.54 Å². The van der Waals surface area contributed by atoms with Crippen LogP contribution in [0.5, 0.6) is 0 Å². The molecule has 1 fully saturated rings. The highest BCUT2D eigenvalue weighted by Crippen LogP contribution is 2.28. The Bertz CT molecular complexity index is 769. The van der Waals surface area contributed by atoms with E-state index in [0.717, 1.165) is 73.9 Å². The summed E-state index contributed by atoms with van der Waals surface area (Å²) in [5.74, 6) is 2.70. The van der Waals surface area contributed by atoms with Crippen molar-refractivity contribution in [1.82, 2.24) is 25.0 Å². The number of nitrogens with one attached hydrogen (secondary N) is 1. The van der Waals surface area contributed by atoms with Gasteiger partial charge < -0.3 is 14.8 Å². The molecule has 4 rings (SSSR count). The molecule has 1 N–H and O–H groups in total. The number of benzene rings is 1. The third kappa shape index (κ3) is 3.18. The van der Waals surface area contributed by atoms with Gasteiger partial charge in [0.1, 0.15) is 11.6 Å². The monoisotopic (exact) mass is 339 g/mol. The summed E-state index contributed by atoms with van der Waals surface area (Å²) in [5, 5.41) is 12.1. The highest BCUT2D eigenvalue weighted by atomic mass is 16.2. The van der Waals surface area contributed by atoms with Gasteiger partial charge in [-0.2, -0.15) is 0 Å². The van der Waals surface area contributed by atoms with Crippen molar-refractivity contribution in [3.05, 3.63) is 46.5 Å². The Morgan fingerprint density at radius 3 is 2.52 bits per heavy atom. The summed E-state index contributed by atoms with van der Waals surface area (Å²) in [7, 11) is 0. The predicted octanol–water partition coefficient (Wildman–Crippen LogP) is 2.02. The van der Waals surface area contributed by atoms with Crippen LogP contribution in [0.3, 0.4) is 0 Å². The first-order valence-electron chi connectivity index (χ1n) is 9.12. The van der Waals surface area contributed by atoms with E-state index in [0.29, 0.717) is 5.92 Å². The van der Waals surface area contributed by atoms with Crippen LogP contribution in [0.2, 0.25) is 0 Å². The molecule has 6 heteroatoms. The molecule has 6 nitrogen and oxygen atoms in total. The number of piperidine rings is 1. The van der Waals surface area contributed by atoms with Crippen LogP contribution in [0.1, 0.15) is 51.9 Å². The molecule has 1 saturated heterocycles. The first-order valence-corrected chi connectivity index (χ1v) is 9.12. The summed E-state index contributed by atoms with van der Waals surface area (Å²) in [6, 6.07) is 6.08. The minimum Gasteiger partial charge on any atom is -0.339 e. The van der Waals surface area contributed by atoms with Crippen LogP contribution in [0.4, 0.5) is 0 Å². The Labute approximate surface area is 148 Å². The number of rotatable bonds is 2. The zero-order chi connectivity index (χ0) is 17.4. The van der Waals surface area contributed by atoms with E-state index in [1.165, 1.54) is 0 Å². The van der Waals surface area contributed by atoms with E-state index in [1.807, 2.05) is 30.9 Å². The van der Waals surface area contributed by atoms with E-state index in [2.05, 4.69) is 26.1 Å². The van der Waals surface area contributed by atoms with Crippen LogP contribution in [0, 0.1) is 13.8 Å². The van der Waals surface area contributed by atoms with E-state index in [9.17, 15) is 4.79 Å². The Kier molecular flexibility index (Phi) is 4.29. The summed E-state index contributed by atoms with van der Waals surface area (Å²) < 4.78 is 2.27. The number of carbonyl (C=O) groups excluding carboxylic acids is 1. The van der Waals surface area contributed by atoms with Gasteiger partial charge >= 0.3 is 0 Å². The summed E-state index contributed by atoms with van der Waals surface area (Å²) >= 11 is 0. The van der Waals surface area contributed by atoms with Crippen LogP contribution in [-0.2, 0) is 13.1 Å². The van der Waals surface area contributed by atoms with Crippen LogP contribution in [-0.4, -0.2) is 45.2 Å². The van der Waals surface area contributed by atoms with Crippen molar-refractivity contribution >= 4 is 5.91 Å². The third-order valence-corrected chi connectivity index (χ3v) is 5.27. The number of hydrogen-bond donors (Lipinski definition) is 1. The maximum Gasteiger partial charge on any atom is 0.253 e. The lowest BCUT2D eigenvalue weighted by Gasteiger charge is -2.32. The number of amides is 1. The average molecular weight is 339 g/mol. The Hall–Kier alpha value is -2.21. The normalized spacial score (nSPS) is 18.2. The van der Waals surface area contributed by atoms with Gasteiger partial charge in [-0.05, 0) is 38.8 Å². The molecule has 0 atom stereocenters. The molecule has 0 bridgehead atoms. The van der Waals surface area contributed by atoms with Gasteiger partial charge in [-0.25, -0.2) is 0 Å². The topological polar surface area (TPSA) is 63.1 Å². The minimum absolute atomic E-state index is 0.151. The third-order valence-electron chi connectivity index (χ3n) is 5.27. The second-order valence-electron chi connectivity index (χ2n) is 7.25. The molecule has 0 aliphatic carbocycles. The molecule has 0 unspecified atom stereocenters. The molecule has 0 saturated carbocycles. The fourth-order valence-electron chi connectivity index (χ4n) is 4.04. The van der Waals surface area contributed by atoms with Crippen molar-refractivity contribution < 1.29 is 4.79 Å². The van der Waals surface area contributed by atoms with Gasteiger partial charge in [0.2, 0.25) is 0 Å². The van der Waals surface area contributed by atoms with Gasteiger partial charge in [-0.15, -0.1) is 10.2 Å². The standard InChI is InChI=1S/C19H25N5O/c1-13-9-14(2)11-16(10-13)19(25)23-6-3-15(4-7-23)18-22-21-17-12-20-5-8-24(17)18/h9-11,15,20H,3-8,12H2,1-2H3. The second-order valence-corrected chi connectivity index (χ2v) is 7.25. The quantitative estimate of drug-likeness (QED) is 0.909. The van der Waals surface area contributed by atoms with E-state index in [1.54, 1.807) is 0 Å². The van der Waals surface area contributed by atoms with Crippen LogP contribution in [0.25, 0.3) is 0 Å². The van der Waals surface area contributed by atoms with Crippen LogP contribution in [0.15, 0.2) is 18.2 Å². The lowest BCUT2D eigenvalue weighted by Crippen LogP contribution is -2.39. The fourth-order valence-corrected chi connectivity index (χ4v) is 4.04. The van der Waals surface area contributed by atoms with Crippen molar-refractivity contribution in [2.24, 2.45) is 0 Å². The molecule has 25 heavy (non-hydrogen) atoms. The summed E-state index contributed by atoms with van der Waals surface area (Å²) in [5.41, 5.74) is 3.09. The molecule has 132 valence electrons. The van der Waals surface area contributed by atoms with Crippen LogP contribution >= 0.6 is 0 Å². The van der Waals surface area contributed by atoms with E-state index in [4.69, 9.17) is 0 Å². The molecule has 1 amide bonds. The first kappa shape index (κ1) is 16.3. The Balaban J connectivity index is 1.44. The predicted molar refractivity (Wildman–Crippen MR) is 95.5 cm³/mol. The molecular formula is C19H25N5O. The summed E-state index contributed by atoms with van der Waals surface area (Å²) in [6.45, 7) is 8.38. The smallest absolute Gasteiger partial charge is 0.253 e. The fraction of sp³-hybridized carbons (Fsp3) is 0.526. The molecule has 2 aliphatic rings. The number of hydrogen-bond acceptors (Lipinski definition) is 4. The molecule has 1 aromatic carbocycles. The van der Waals surface area contributed by atoms with E-state index < -0.39 is 0 Å². The zero-order valence-corrected chi connectivity index (χ0v) is 15.0. The van der Waals surface area contributed by atoms with Gasteiger partial charge in [-0.3, -0.25) is 4.79 Å². The molecule has 1 aromatic heterocycles. The largest absolute Gasteiger partial charge is 0.339 e. The number of fused-ring (bicyclic) bond motifs is 1. The SMILES string of the molecule is Cc1cc(C)cc(C(=O)N2CCC(c3nnc4n3CCNC4)CC2)c1. The van der Waals surface area contributed by atoms with E-state index in [-0.39, 0.29) is 5.91 Å².